The molecule has 2 nitrogen and oxygen atoms in total. The Labute approximate surface area is 111 Å². The second-order valence-electron chi connectivity index (χ2n) is 4.12. The van der Waals surface area contributed by atoms with Crippen molar-refractivity contribution in [1.29, 1.82) is 0 Å². The van der Waals surface area contributed by atoms with Crippen LogP contribution >= 0.6 is 11.6 Å². The molecule has 92 valence electrons. The van der Waals surface area contributed by atoms with Gasteiger partial charge in [-0.05, 0) is 36.2 Å². The summed E-state index contributed by atoms with van der Waals surface area (Å²) in [4.78, 5) is 12.3. The number of carbonyl (C=O) groups is 1. The molecule has 2 aromatic rings. The van der Waals surface area contributed by atoms with Crippen LogP contribution in [0.3, 0.4) is 0 Å². The molecule has 0 aromatic heterocycles. The average molecular weight is 260 g/mol. The van der Waals surface area contributed by atoms with Crippen LogP contribution in [0.25, 0.3) is 0 Å². The van der Waals surface area contributed by atoms with Crippen molar-refractivity contribution in [3.05, 3.63) is 64.2 Å². The third kappa shape index (κ3) is 2.54. The molecule has 3 heteroatoms. The molecule has 0 atom stereocenters. The number of ketones is 1. The van der Waals surface area contributed by atoms with Gasteiger partial charge in [-0.3, -0.25) is 4.79 Å². The monoisotopic (exact) mass is 259 g/mol. The van der Waals surface area contributed by atoms with Gasteiger partial charge in [-0.25, -0.2) is 0 Å². The van der Waals surface area contributed by atoms with Gasteiger partial charge >= 0.3 is 0 Å². The van der Waals surface area contributed by atoms with Crippen LogP contribution in [0, 0.1) is 0 Å². The van der Waals surface area contributed by atoms with Gasteiger partial charge in [0.05, 0.1) is 10.7 Å². The number of hydrogen-bond donors (Lipinski definition) is 1. The molecule has 0 amide bonds. The number of carbonyl (C=O) groups excluding carboxylic acids is 1. The summed E-state index contributed by atoms with van der Waals surface area (Å²) in [6.07, 6.45) is 0.907. The number of aryl methyl sites for hydroxylation is 1. The molecule has 0 spiro atoms. The standard InChI is InChI=1S/C15H14ClNO/c1-2-10-4-3-5-11(8-10)15(18)12-6-7-13(16)14(17)9-12/h3-9H,2,17H2,1H3. The minimum absolute atomic E-state index is 0.0336. The Hall–Kier alpha value is -1.80. The Morgan fingerprint density at radius 1 is 1.17 bits per heavy atom. The summed E-state index contributed by atoms with van der Waals surface area (Å²) in [5, 5.41) is 0.467. The lowest BCUT2D eigenvalue weighted by Crippen LogP contribution is -2.03. The molecule has 0 saturated heterocycles. The summed E-state index contributed by atoms with van der Waals surface area (Å²) < 4.78 is 0. The van der Waals surface area contributed by atoms with Crippen LogP contribution < -0.4 is 5.73 Å². The Balaban J connectivity index is 2.38. The first-order valence-electron chi connectivity index (χ1n) is 5.80. The number of anilines is 1. The first-order valence-corrected chi connectivity index (χ1v) is 6.18. The Morgan fingerprint density at radius 2 is 1.89 bits per heavy atom. The molecule has 0 heterocycles. The van der Waals surface area contributed by atoms with E-state index < -0.39 is 0 Å². The second-order valence-corrected chi connectivity index (χ2v) is 4.53. The minimum Gasteiger partial charge on any atom is -0.398 e. The van der Waals surface area contributed by atoms with Crippen LogP contribution in [0.15, 0.2) is 42.5 Å². The van der Waals surface area contributed by atoms with Crippen LogP contribution in [0.1, 0.15) is 28.4 Å². The number of nitrogen functional groups attached to an aromatic ring is 1. The van der Waals surface area contributed by atoms with Crippen molar-refractivity contribution in [2.45, 2.75) is 13.3 Å². The summed E-state index contributed by atoms with van der Waals surface area (Å²) in [5.41, 5.74) is 8.51. The fourth-order valence-electron chi connectivity index (χ4n) is 1.78. The van der Waals surface area contributed by atoms with E-state index >= 15 is 0 Å². The molecule has 0 bridgehead atoms. The van der Waals surface area contributed by atoms with Crippen molar-refractivity contribution in [1.82, 2.24) is 0 Å². The maximum absolute atomic E-state index is 12.3. The van der Waals surface area contributed by atoms with E-state index in [0.29, 0.717) is 21.8 Å². The third-order valence-electron chi connectivity index (χ3n) is 2.86. The molecule has 18 heavy (non-hydrogen) atoms. The maximum Gasteiger partial charge on any atom is 0.193 e. The Bertz CT molecular complexity index is 593. The van der Waals surface area contributed by atoms with Crippen LogP contribution in [0.5, 0.6) is 0 Å². The van der Waals surface area contributed by atoms with Gasteiger partial charge in [-0.15, -0.1) is 0 Å². The summed E-state index contributed by atoms with van der Waals surface area (Å²) in [7, 11) is 0. The van der Waals surface area contributed by atoms with Gasteiger partial charge < -0.3 is 5.73 Å². The molecular weight excluding hydrogens is 246 g/mol. The smallest absolute Gasteiger partial charge is 0.193 e. The highest BCUT2D eigenvalue weighted by atomic mass is 35.5. The molecule has 0 unspecified atom stereocenters. The lowest BCUT2D eigenvalue weighted by molar-refractivity contribution is 0.103. The highest BCUT2D eigenvalue weighted by Crippen LogP contribution is 2.21. The Morgan fingerprint density at radius 3 is 2.56 bits per heavy atom. The van der Waals surface area contributed by atoms with E-state index in [1.54, 1.807) is 18.2 Å². The predicted octanol–water partition coefficient (Wildman–Crippen LogP) is 3.72. The van der Waals surface area contributed by atoms with Gasteiger partial charge in [0.1, 0.15) is 0 Å². The van der Waals surface area contributed by atoms with Crippen molar-refractivity contribution in [3.63, 3.8) is 0 Å². The Kier molecular flexibility index (Phi) is 3.68. The molecule has 0 fully saturated rings. The van der Waals surface area contributed by atoms with E-state index in [-0.39, 0.29) is 5.78 Å². The van der Waals surface area contributed by atoms with Gasteiger partial charge in [-0.1, -0.05) is 36.7 Å². The quantitative estimate of drug-likeness (QED) is 0.674. The fourth-order valence-corrected chi connectivity index (χ4v) is 1.90. The van der Waals surface area contributed by atoms with Crippen molar-refractivity contribution in [3.8, 4) is 0 Å². The summed E-state index contributed by atoms with van der Waals surface area (Å²) in [6.45, 7) is 2.06. The fraction of sp³-hybridized carbons (Fsp3) is 0.133. The van der Waals surface area contributed by atoms with Crippen LogP contribution in [0.4, 0.5) is 5.69 Å². The van der Waals surface area contributed by atoms with E-state index in [0.717, 1.165) is 12.0 Å². The number of halogens is 1. The SMILES string of the molecule is CCc1cccc(C(=O)c2ccc(Cl)c(N)c2)c1. The van der Waals surface area contributed by atoms with Gasteiger partial charge in [0, 0.05) is 11.1 Å². The van der Waals surface area contributed by atoms with Crippen molar-refractivity contribution < 1.29 is 4.79 Å². The zero-order valence-corrected chi connectivity index (χ0v) is 10.9. The molecule has 2 aromatic carbocycles. The zero-order valence-electron chi connectivity index (χ0n) is 10.1. The van der Waals surface area contributed by atoms with Crippen LogP contribution in [-0.2, 0) is 6.42 Å². The second kappa shape index (κ2) is 5.23. The summed E-state index contributed by atoms with van der Waals surface area (Å²) in [5.74, 6) is -0.0336. The molecular formula is C15H14ClNO. The molecule has 0 aliphatic heterocycles. The maximum atomic E-state index is 12.3. The van der Waals surface area contributed by atoms with E-state index in [2.05, 4.69) is 6.92 Å². The van der Waals surface area contributed by atoms with E-state index in [4.69, 9.17) is 17.3 Å². The predicted molar refractivity (Wildman–Crippen MR) is 75.1 cm³/mol. The first-order chi connectivity index (χ1) is 8.61. The zero-order chi connectivity index (χ0) is 13.1. The molecule has 0 radical (unpaired) electrons. The summed E-state index contributed by atoms with van der Waals surface area (Å²) in [6, 6.07) is 12.6. The van der Waals surface area contributed by atoms with Crippen LogP contribution in [-0.4, -0.2) is 5.78 Å². The van der Waals surface area contributed by atoms with Gasteiger partial charge in [0.2, 0.25) is 0 Å². The van der Waals surface area contributed by atoms with Gasteiger partial charge in [0.15, 0.2) is 5.78 Å². The highest BCUT2D eigenvalue weighted by molar-refractivity contribution is 6.33. The largest absolute Gasteiger partial charge is 0.398 e. The third-order valence-corrected chi connectivity index (χ3v) is 3.20. The molecule has 2 N–H and O–H groups in total. The molecule has 0 aliphatic carbocycles. The lowest BCUT2D eigenvalue weighted by atomic mass is 10.0. The molecule has 2 rings (SSSR count). The van der Waals surface area contributed by atoms with Crippen molar-refractivity contribution >= 4 is 23.1 Å². The van der Waals surface area contributed by atoms with Crippen LogP contribution in [0.2, 0.25) is 5.02 Å². The molecule has 0 saturated carbocycles. The summed E-state index contributed by atoms with van der Waals surface area (Å²) >= 11 is 5.84. The van der Waals surface area contributed by atoms with E-state index in [1.807, 2.05) is 24.3 Å². The number of benzene rings is 2. The average Bonchev–Trinajstić information content (AvgIpc) is 2.41. The van der Waals surface area contributed by atoms with Gasteiger partial charge in [0.25, 0.3) is 0 Å². The van der Waals surface area contributed by atoms with E-state index in [9.17, 15) is 4.79 Å². The normalized spacial score (nSPS) is 10.3. The first kappa shape index (κ1) is 12.7. The number of rotatable bonds is 3. The minimum atomic E-state index is -0.0336. The number of nitrogens with two attached hydrogens (primary N) is 1. The van der Waals surface area contributed by atoms with E-state index in [1.165, 1.54) is 0 Å². The highest BCUT2D eigenvalue weighted by Gasteiger charge is 2.10. The lowest BCUT2D eigenvalue weighted by Gasteiger charge is -2.05. The van der Waals surface area contributed by atoms with Crippen molar-refractivity contribution in [2.75, 3.05) is 5.73 Å². The topological polar surface area (TPSA) is 43.1 Å². The van der Waals surface area contributed by atoms with Crippen molar-refractivity contribution in [2.24, 2.45) is 0 Å². The van der Waals surface area contributed by atoms with Gasteiger partial charge in [-0.2, -0.15) is 0 Å². The molecule has 0 aliphatic rings. The number of hydrogen-bond acceptors (Lipinski definition) is 2.